The first-order valence-corrected chi connectivity index (χ1v) is 7.18. The molecule has 0 saturated heterocycles. The molecule has 0 bridgehead atoms. The summed E-state index contributed by atoms with van der Waals surface area (Å²) in [6.45, 7) is 0. The number of amides is 2. The van der Waals surface area contributed by atoms with Crippen LogP contribution in [0.5, 0.6) is 0 Å². The minimum absolute atomic E-state index is 0.0957. The van der Waals surface area contributed by atoms with Gasteiger partial charge in [-0.15, -0.1) is 0 Å². The van der Waals surface area contributed by atoms with E-state index in [1.54, 1.807) is 62.6 Å². The molecule has 0 unspecified atom stereocenters. The van der Waals surface area contributed by atoms with E-state index in [1.165, 1.54) is 0 Å². The van der Waals surface area contributed by atoms with Gasteiger partial charge in [-0.05, 0) is 48.5 Å². The third kappa shape index (κ3) is 5.76. The van der Waals surface area contributed by atoms with E-state index in [2.05, 4.69) is 10.6 Å². The Morgan fingerprint density at radius 3 is 1.18 bits per heavy atom. The van der Waals surface area contributed by atoms with Gasteiger partial charge in [-0.25, -0.2) is 0 Å². The van der Waals surface area contributed by atoms with E-state index in [0.29, 0.717) is 21.2 Å². The van der Waals surface area contributed by atoms with Crippen molar-refractivity contribution in [3.05, 3.63) is 69.7 Å². The maximum atomic E-state index is 11.0. The summed E-state index contributed by atoms with van der Waals surface area (Å²) in [5, 5.41) is 6.31. The molecule has 0 aliphatic heterocycles. The standard InChI is InChI=1S/2C8H8ClNO/c2*1-10-8(11)6-2-4-7(9)5-3-6/h2*2-5H,1H3,(H,10,11). The van der Waals surface area contributed by atoms with E-state index in [9.17, 15) is 9.59 Å². The lowest BCUT2D eigenvalue weighted by Crippen LogP contribution is -2.17. The van der Waals surface area contributed by atoms with Crippen LogP contribution in [0.4, 0.5) is 0 Å². The number of nitrogens with one attached hydrogen (secondary N) is 2. The summed E-state index contributed by atoms with van der Waals surface area (Å²) in [5.74, 6) is -0.191. The number of hydrogen-bond acceptors (Lipinski definition) is 2. The number of hydrogen-bond donors (Lipinski definition) is 2. The van der Waals surface area contributed by atoms with Crippen LogP contribution in [-0.2, 0) is 0 Å². The van der Waals surface area contributed by atoms with Crippen molar-refractivity contribution in [2.45, 2.75) is 0 Å². The smallest absolute Gasteiger partial charge is 0.251 e. The average molecular weight is 339 g/mol. The zero-order valence-corrected chi connectivity index (χ0v) is 13.7. The Morgan fingerprint density at radius 1 is 0.682 bits per heavy atom. The first kappa shape index (κ1) is 18.0. The van der Waals surface area contributed by atoms with E-state index >= 15 is 0 Å². The first-order valence-electron chi connectivity index (χ1n) is 6.43. The SMILES string of the molecule is CNC(=O)c1ccc(Cl)cc1.CNC(=O)c1ccc(Cl)cc1. The Hall–Kier alpha value is -2.04. The lowest BCUT2D eigenvalue weighted by atomic mass is 10.2. The molecule has 0 aliphatic rings. The van der Waals surface area contributed by atoms with Gasteiger partial charge in [-0.2, -0.15) is 0 Å². The highest BCUT2D eigenvalue weighted by Crippen LogP contribution is 2.09. The highest BCUT2D eigenvalue weighted by atomic mass is 35.5. The second-order valence-corrected chi connectivity index (χ2v) is 5.04. The van der Waals surface area contributed by atoms with Gasteiger partial charge >= 0.3 is 0 Å². The maximum Gasteiger partial charge on any atom is 0.251 e. The monoisotopic (exact) mass is 338 g/mol. The lowest BCUT2D eigenvalue weighted by molar-refractivity contribution is 0.0955. The summed E-state index contributed by atoms with van der Waals surface area (Å²) in [6, 6.07) is 13.5. The molecule has 0 heterocycles. The zero-order chi connectivity index (χ0) is 16.5. The summed E-state index contributed by atoms with van der Waals surface area (Å²) in [5.41, 5.74) is 1.24. The molecule has 22 heavy (non-hydrogen) atoms. The van der Waals surface area contributed by atoms with Gasteiger partial charge in [0.2, 0.25) is 0 Å². The van der Waals surface area contributed by atoms with Crippen LogP contribution in [0.2, 0.25) is 10.0 Å². The van der Waals surface area contributed by atoms with Crippen LogP contribution in [0, 0.1) is 0 Å². The quantitative estimate of drug-likeness (QED) is 0.881. The van der Waals surface area contributed by atoms with E-state index in [0.717, 1.165) is 0 Å². The second kappa shape index (κ2) is 9.07. The molecular weight excluding hydrogens is 323 g/mol. The van der Waals surface area contributed by atoms with Crippen molar-refractivity contribution >= 4 is 35.0 Å². The number of carbonyl (C=O) groups is 2. The number of carbonyl (C=O) groups excluding carboxylic acids is 2. The van der Waals surface area contributed by atoms with Crippen molar-refractivity contribution in [1.29, 1.82) is 0 Å². The predicted octanol–water partition coefficient (Wildman–Crippen LogP) is 3.40. The summed E-state index contributed by atoms with van der Waals surface area (Å²) in [4.78, 5) is 21.9. The molecular formula is C16H16Cl2N2O2. The van der Waals surface area contributed by atoms with E-state index in [1.807, 2.05) is 0 Å². The van der Waals surface area contributed by atoms with Crippen LogP contribution >= 0.6 is 23.2 Å². The molecule has 116 valence electrons. The molecule has 0 saturated carbocycles. The van der Waals surface area contributed by atoms with Crippen molar-refractivity contribution in [3.63, 3.8) is 0 Å². The number of benzene rings is 2. The van der Waals surface area contributed by atoms with Crippen LogP contribution in [0.1, 0.15) is 20.7 Å². The van der Waals surface area contributed by atoms with Crippen molar-refractivity contribution in [2.75, 3.05) is 14.1 Å². The lowest BCUT2D eigenvalue weighted by Gasteiger charge is -1.97. The zero-order valence-electron chi connectivity index (χ0n) is 12.2. The molecule has 0 fully saturated rings. The molecule has 2 aromatic rings. The van der Waals surface area contributed by atoms with Gasteiger partial charge in [0.1, 0.15) is 0 Å². The van der Waals surface area contributed by atoms with Crippen LogP contribution < -0.4 is 10.6 Å². The van der Waals surface area contributed by atoms with Crippen LogP contribution in [0.25, 0.3) is 0 Å². The van der Waals surface area contributed by atoms with Gasteiger partial charge in [0.05, 0.1) is 0 Å². The van der Waals surface area contributed by atoms with Gasteiger partial charge in [0.15, 0.2) is 0 Å². The third-order valence-corrected chi connectivity index (χ3v) is 3.17. The van der Waals surface area contributed by atoms with Crippen molar-refractivity contribution in [1.82, 2.24) is 10.6 Å². The van der Waals surface area contributed by atoms with E-state index < -0.39 is 0 Å². The van der Waals surface area contributed by atoms with Crippen molar-refractivity contribution < 1.29 is 9.59 Å². The Kier molecular flexibility index (Phi) is 7.43. The summed E-state index contributed by atoms with van der Waals surface area (Å²) in [7, 11) is 3.19. The summed E-state index contributed by atoms with van der Waals surface area (Å²) < 4.78 is 0. The molecule has 0 aromatic heterocycles. The molecule has 0 radical (unpaired) electrons. The molecule has 2 rings (SSSR count). The van der Waals surface area contributed by atoms with Crippen LogP contribution in [0.15, 0.2) is 48.5 Å². The fourth-order valence-corrected chi connectivity index (χ4v) is 1.74. The third-order valence-electron chi connectivity index (χ3n) is 2.67. The minimum atomic E-state index is -0.0957. The van der Waals surface area contributed by atoms with Crippen molar-refractivity contribution in [3.8, 4) is 0 Å². The normalized spacial score (nSPS) is 9.27. The molecule has 0 atom stereocenters. The van der Waals surface area contributed by atoms with E-state index in [4.69, 9.17) is 23.2 Å². The van der Waals surface area contributed by atoms with Crippen LogP contribution in [-0.4, -0.2) is 25.9 Å². The van der Waals surface area contributed by atoms with Gasteiger partial charge in [-0.3, -0.25) is 9.59 Å². The fraction of sp³-hybridized carbons (Fsp3) is 0.125. The van der Waals surface area contributed by atoms with Gasteiger partial charge in [0.25, 0.3) is 11.8 Å². The van der Waals surface area contributed by atoms with Gasteiger partial charge in [0, 0.05) is 35.3 Å². The van der Waals surface area contributed by atoms with E-state index in [-0.39, 0.29) is 11.8 Å². The topological polar surface area (TPSA) is 58.2 Å². The summed E-state index contributed by atoms with van der Waals surface area (Å²) >= 11 is 11.3. The second-order valence-electron chi connectivity index (χ2n) is 4.17. The largest absolute Gasteiger partial charge is 0.355 e. The molecule has 4 nitrogen and oxygen atoms in total. The predicted molar refractivity (Wildman–Crippen MR) is 89.7 cm³/mol. The minimum Gasteiger partial charge on any atom is -0.355 e. The maximum absolute atomic E-state index is 11.0. The summed E-state index contributed by atoms with van der Waals surface area (Å²) in [6.07, 6.45) is 0. The first-order chi connectivity index (χ1) is 10.5. The Bertz CT molecular complexity index is 568. The fourth-order valence-electron chi connectivity index (χ4n) is 1.49. The molecule has 0 spiro atoms. The number of halogens is 2. The van der Waals surface area contributed by atoms with Crippen LogP contribution in [0.3, 0.4) is 0 Å². The average Bonchev–Trinajstić information content (AvgIpc) is 2.55. The molecule has 2 amide bonds. The molecule has 6 heteroatoms. The Labute approximate surface area is 139 Å². The molecule has 2 N–H and O–H groups in total. The molecule has 2 aromatic carbocycles. The highest BCUT2D eigenvalue weighted by molar-refractivity contribution is 6.31. The van der Waals surface area contributed by atoms with Gasteiger partial charge in [-0.1, -0.05) is 23.2 Å². The highest BCUT2D eigenvalue weighted by Gasteiger charge is 2.00. The van der Waals surface area contributed by atoms with Gasteiger partial charge < -0.3 is 10.6 Å². The Balaban J connectivity index is 0.000000220. The number of rotatable bonds is 2. The van der Waals surface area contributed by atoms with Crippen molar-refractivity contribution in [2.24, 2.45) is 0 Å². The molecule has 0 aliphatic carbocycles. The Morgan fingerprint density at radius 2 is 0.955 bits per heavy atom.